The minimum Gasteiger partial charge on any atom is -0.444 e. The van der Waals surface area contributed by atoms with Crippen LogP contribution in [0.1, 0.15) is 0 Å². The summed E-state index contributed by atoms with van der Waals surface area (Å²) in [4.78, 5) is 8.70. The number of pyridine rings is 1. The summed E-state index contributed by atoms with van der Waals surface area (Å²) in [7, 11) is 0. The van der Waals surface area contributed by atoms with E-state index in [0.717, 1.165) is 16.2 Å². The van der Waals surface area contributed by atoms with Crippen LogP contribution in [0.15, 0.2) is 58.3 Å². The van der Waals surface area contributed by atoms with Crippen molar-refractivity contribution in [2.45, 2.75) is 5.03 Å². The Bertz CT molecular complexity index is 707. The highest BCUT2D eigenvalue weighted by Crippen LogP contribution is 2.25. The second kappa shape index (κ2) is 5.46. The van der Waals surface area contributed by atoms with Crippen molar-refractivity contribution < 1.29 is 8.81 Å². The standard InChI is InChI=1S/C15H11FN2OS/c1-20-14-7-4-11(8-17-14)13-9-19-15(18-13)10-2-5-12(16)6-3-10/h2-9H,1H3. The molecule has 0 amide bonds. The van der Waals surface area contributed by atoms with Crippen molar-refractivity contribution in [3.05, 3.63) is 54.7 Å². The van der Waals surface area contributed by atoms with Crippen LogP contribution >= 0.6 is 11.8 Å². The van der Waals surface area contributed by atoms with E-state index in [1.54, 1.807) is 36.4 Å². The molecule has 3 nitrogen and oxygen atoms in total. The Morgan fingerprint density at radius 1 is 1.05 bits per heavy atom. The average Bonchev–Trinajstić information content (AvgIpc) is 2.98. The van der Waals surface area contributed by atoms with E-state index >= 15 is 0 Å². The van der Waals surface area contributed by atoms with Crippen LogP contribution < -0.4 is 0 Å². The van der Waals surface area contributed by atoms with Gasteiger partial charge in [0.25, 0.3) is 0 Å². The molecule has 0 atom stereocenters. The van der Waals surface area contributed by atoms with Gasteiger partial charge in [-0.25, -0.2) is 14.4 Å². The van der Waals surface area contributed by atoms with Crippen LogP contribution in [0.5, 0.6) is 0 Å². The maximum absolute atomic E-state index is 12.9. The fourth-order valence-corrected chi connectivity index (χ4v) is 2.15. The SMILES string of the molecule is CSc1ccc(-c2coc(-c3ccc(F)cc3)n2)cn1. The number of benzene rings is 1. The van der Waals surface area contributed by atoms with Crippen LogP contribution in [-0.2, 0) is 0 Å². The molecule has 0 bridgehead atoms. The molecule has 0 aliphatic rings. The number of hydrogen-bond donors (Lipinski definition) is 0. The van der Waals surface area contributed by atoms with Crippen LogP contribution in [-0.4, -0.2) is 16.2 Å². The maximum atomic E-state index is 12.9. The first kappa shape index (κ1) is 12.9. The summed E-state index contributed by atoms with van der Waals surface area (Å²) < 4.78 is 18.3. The summed E-state index contributed by atoms with van der Waals surface area (Å²) in [5.41, 5.74) is 2.34. The zero-order chi connectivity index (χ0) is 13.9. The van der Waals surface area contributed by atoms with Gasteiger partial charge in [0.05, 0.1) is 5.03 Å². The molecule has 0 N–H and O–H groups in total. The van der Waals surface area contributed by atoms with Gasteiger partial charge in [-0.2, -0.15) is 0 Å². The minimum absolute atomic E-state index is 0.280. The zero-order valence-corrected chi connectivity index (χ0v) is 11.5. The monoisotopic (exact) mass is 286 g/mol. The second-order valence-corrected chi connectivity index (χ2v) is 4.96. The van der Waals surface area contributed by atoms with Gasteiger partial charge in [0, 0.05) is 17.3 Å². The van der Waals surface area contributed by atoms with E-state index in [9.17, 15) is 4.39 Å². The zero-order valence-electron chi connectivity index (χ0n) is 10.7. The third-order valence-electron chi connectivity index (χ3n) is 2.84. The third-order valence-corrected chi connectivity index (χ3v) is 3.50. The van der Waals surface area contributed by atoms with Crippen molar-refractivity contribution in [3.8, 4) is 22.7 Å². The lowest BCUT2D eigenvalue weighted by Gasteiger charge is -1.97. The van der Waals surface area contributed by atoms with E-state index in [2.05, 4.69) is 9.97 Å². The van der Waals surface area contributed by atoms with Gasteiger partial charge in [-0.05, 0) is 42.7 Å². The van der Waals surface area contributed by atoms with Crippen molar-refractivity contribution in [2.24, 2.45) is 0 Å². The average molecular weight is 286 g/mol. The van der Waals surface area contributed by atoms with Crippen LogP contribution in [0, 0.1) is 5.82 Å². The first-order valence-electron chi connectivity index (χ1n) is 5.98. The van der Waals surface area contributed by atoms with E-state index in [1.165, 1.54) is 12.1 Å². The molecule has 0 aliphatic heterocycles. The second-order valence-electron chi connectivity index (χ2n) is 4.13. The molecule has 0 fully saturated rings. The summed E-state index contributed by atoms with van der Waals surface area (Å²) in [6.45, 7) is 0. The predicted molar refractivity (Wildman–Crippen MR) is 76.9 cm³/mol. The quantitative estimate of drug-likeness (QED) is 0.674. The third kappa shape index (κ3) is 2.58. The van der Waals surface area contributed by atoms with E-state index in [4.69, 9.17) is 4.42 Å². The van der Waals surface area contributed by atoms with Crippen LogP contribution in [0.2, 0.25) is 0 Å². The van der Waals surface area contributed by atoms with Crippen molar-refractivity contribution >= 4 is 11.8 Å². The molecule has 0 saturated carbocycles. The van der Waals surface area contributed by atoms with Crippen LogP contribution in [0.25, 0.3) is 22.7 Å². The molecule has 100 valence electrons. The van der Waals surface area contributed by atoms with E-state index in [1.807, 2.05) is 18.4 Å². The number of hydrogen-bond acceptors (Lipinski definition) is 4. The van der Waals surface area contributed by atoms with Crippen LogP contribution in [0.3, 0.4) is 0 Å². The summed E-state index contributed by atoms with van der Waals surface area (Å²) in [6, 6.07) is 9.93. The Morgan fingerprint density at radius 2 is 1.80 bits per heavy atom. The molecule has 0 saturated heterocycles. The van der Waals surface area contributed by atoms with Crippen LogP contribution in [0.4, 0.5) is 4.39 Å². The van der Waals surface area contributed by atoms with Crippen molar-refractivity contribution in [2.75, 3.05) is 6.26 Å². The van der Waals surface area contributed by atoms with Crippen molar-refractivity contribution in [1.29, 1.82) is 0 Å². The van der Waals surface area contributed by atoms with Crippen molar-refractivity contribution in [3.63, 3.8) is 0 Å². The molecule has 20 heavy (non-hydrogen) atoms. The normalized spacial score (nSPS) is 10.7. The number of oxazole rings is 1. The Balaban J connectivity index is 1.91. The molecular weight excluding hydrogens is 275 g/mol. The lowest BCUT2D eigenvalue weighted by atomic mass is 10.2. The van der Waals surface area contributed by atoms with Gasteiger partial charge in [-0.15, -0.1) is 11.8 Å². The summed E-state index contributed by atoms with van der Waals surface area (Å²) in [5, 5.41) is 0.955. The molecule has 3 rings (SSSR count). The highest BCUT2D eigenvalue weighted by atomic mass is 32.2. The number of thioether (sulfide) groups is 1. The Hall–Kier alpha value is -2.14. The van der Waals surface area contributed by atoms with Gasteiger partial charge in [-0.3, -0.25) is 0 Å². The molecule has 5 heteroatoms. The van der Waals surface area contributed by atoms with Gasteiger partial charge in [0.2, 0.25) is 5.89 Å². The van der Waals surface area contributed by atoms with Gasteiger partial charge >= 0.3 is 0 Å². The number of nitrogens with zero attached hydrogens (tertiary/aromatic N) is 2. The first-order chi connectivity index (χ1) is 9.76. The molecule has 0 aliphatic carbocycles. The molecule has 0 unspecified atom stereocenters. The predicted octanol–water partition coefficient (Wildman–Crippen LogP) is 4.26. The molecule has 0 radical (unpaired) electrons. The number of halogens is 1. The topological polar surface area (TPSA) is 38.9 Å². The van der Waals surface area contributed by atoms with Crippen molar-refractivity contribution in [1.82, 2.24) is 9.97 Å². The fraction of sp³-hybridized carbons (Fsp3) is 0.0667. The smallest absolute Gasteiger partial charge is 0.226 e. The summed E-state index contributed by atoms with van der Waals surface area (Å²) in [5.74, 6) is 0.186. The Labute approximate surface area is 119 Å². The Morgan fingerprint density at radius 3 is 2.45 bits per heavy atom. The first-order valence-corrected chi connectivity index (χ1v) is 7.20. The van der Waals surface area contributed by atoms with Gasteiger partial charge < -0.3 is 4.42 Å². The molecule has 0 spiro atoms. The lowest BCUT2D eigenvalue weighted by Crippen LogP contribution is -1.83. The number of rotatable bonds is 3. The molecule has 2 aromatic heterocycles. The highest BCUT2D eigenvalue weighted by Gasteiger charge is 2.09. The highest BCUT2D eigenvalue weighted by molar-refractivity contribution is 7.98. The molecule has 3 aromatic rings. The van der Waals surface area contributed by atoms with E-state index in [-0.39, 0.29) is 5.82 Å². The van der Waals surface area contributed by atoms with Gasteiger partial charge in [0.15, 0.2) is 0 Å². The minimum atomic E-state index is -0.280. The summed E-state index contributed by atoms with van der Waals surface area (Å²) >= 11 is 1.59. The van der Waals surface area contributed by atoms with Gasteiger partial charge in [0.1, 0.15) is 17.8 Å². The maximum Gasteiger partial charge on any atom is 0.226 e. The molecule has 2 heterocycles. The number of aromatic nitrogens is 2. The van der Waals surface area contributed by atoms with E-state index < -0.39 is 0 Å². The molecule has 1 aromatic carbocycles. The molecular formula is C15H11FN2OS. The summed E-state index contributed by atoms with van der Waals surface area (Å²) in [6.07, 6.45) is 5.32. The lowest BCUT2D eigenvalue weighted by molar-refractivity contribution is 0.574. The Kier molecular flexibility index (Phi) is 3.52. The van der Waals surface area contributed by atoms with E-state index in [0.29, 0.717) is 11.6 Å². The largest absolute Gasteiger partial charge is 0.444 e. The van der Waals surface area contributed by atoms with Gasteiger partial charge in [-0.1, -0.05) is 0 Å². The fourth-order valence-electron chi connectivity index (χ4n) is 1.78.